The Morgan fingerprint density at radius 1 is 1.29 bits per heavy atom. The zero-order valence-corrected chi connectivity index (χ0v) is 11.6. The first-order valence-corrected chi connectivity index (χ1v) is 7.25. The van der Waals surface area contributed by atoms with Gasteiger partial charge in [0.25, 0.3) is 0 Å². The van der Waals surface area contributed by atoms with Gasteiger partial charge in [-0.15, -0.1) is 0 Å². The van der Waals surface area contributed by atoms with Crippen LogP contribution in [0.25, 0.3) is 10.9 Å². The third-order valence-electron chi connectivity index (χ3n) is 4.47. The maximum absolute atomic E-state index is 14.5. The average molecular weight is 288 g/mol. The summed E-state index contributed by atoms with van der Waals surface area (Å²) in [6.07, 6.45) is 2.57. The SMILES string of the molecule is OC1(c2cc3cccnc3cc2F)CC2COCC(C1)N2. The number of hydrogen-bond acceptors (Lipinski definition) is 4. The van der Waals surface area contributed by atoms with Gasteiger partial charge in [0, 0.05) is 35.3 Å². The van der Waals surface area contributed by atoms with Crippen LogP contribution in [0.5, 0.6) is 0 Å². The fourth-order valence-corrected chi connectivity index (χ4v) is 3.59. The lowest BCUT2D eigenvalue weighted by Crippen LogP contribution is -2.58. The molecule has 4 nitrogen and oxygen atoms in total. The van der Waals surface area contributed by atoms with E-state index in [4.69, 9.17) is 4.74 Å². The third kappa shape index (κ3) is 2.21. The van der Waals surface area contributed by atoms with E-state index in [1.807, 2.05) is 12.1 Å². The Morgan fingerprint density at radius 3 is 2.81 bits per heavy atom. The smallest absolute Gasteiger partial charge is 0.131 e. The Hall–Kier alpha value is -1.56. The monoisotopic (exact) mass is 288 g/mol. The van der Waals surface area contributed by atoms with Gasteiger partial charge in [0.2, 0.25) is 0 Å². The molecule has 0 saturated carbocycles. The van der Waals surface area contributed by atoms with Crippen molar-refractivity contribution >= 4 is 10.9 Å². The van der Waals surface area contributed by atoms with Crippen molar-refractivity contribution in [3.05, 3.63) is 41.8 Å². The van der Waals surface area contributed by atoms with Crippen molar-refractivity contribution in [1.82, 2.24) is 10.3 Å². The van der Waals surface area contributed by atoms with Crippen molar-refractivity contribution < 1.29 is 14.2 Å². The molecule has 4 rings (SSSR count). The van der Waals surface area contributed by atoms with E-state index in [-0.39, 0.29) is 17.9 Å². The van der Waals surface area contributed by atoms with Gasteiger partial charge in [-0.25, -0.2) is 4.39 Å². The van der Waals surface area contributed by atoms with Crippen LogP contribution in [0.1, 0.15) is 18.4 Å². The van der Waals surface area contributed by atoms with Crippen molar-refractivity contribution in [1.29, 1.82) is 0 Å². The maximum Gasteiger partial charge on any atom is 0.131 e. The van der Waals surface area contributed by atoms with Crippen LogP contribution >= 0.6 is 0 Å². The second kappa shape index (κ2) is 4.73. The summed E-state index contributed by atoms with van der Waals surface area (Å²) in [5, 5.41) is 15.3. The lowest BCUT2D eigenvalue weighted by molar-refractivity contribution is -0.0816. The first kappa shape index (κ1) is 13.1. The molecule has 0 aliphatic carbocycles. The topological polar surface area (TPSA) is 54.4 Å². The molecular formula is C16H17FN2O2. The van der Waals surface area contributed by atoms with Crippen molar-refractivity contribution in [3.8, 4) is 0 Å². The molecule has 110 valence electrons. The minimum atomic E-state index is -1.14. The summed E-state index contributed by atoms with van der Waals surface area (Å²) in [4.78, 5) is 4.15. The molecule has 2 aliphatic rings. The van der Waals surface area contributed by atoms with Crippen LogP contribution in [0, 0.1) is 5.82 Å². The highest BCUT2D eigenvalue weighted by Crippen LogP contribution is 2.38. The largest absolute Gasteiger partial charge is 0.385 e. The van der Waals surface area contributed by atoms with Gasteiger partial charge >= 0.3 is 0 Å². The van der Waals surface area contributed by atoms with Gasteiger partial charge < -0.3 is 15.2 Å². The summed E-state index contributed by atoms with van der Waals surface area (Å²) in [7, 11) is 0. The van der Waals surface area contributed by atoms with Crippen LogP contribution in [0.3, 0.4) is 0 Å². The number of benzene rings is 1. The summed E-state index contributed by atoms with van der Waals surface area (Å²) >= 11 is 0. The number of aromatic nitrogens is 1. The number of halogens is 1. The van der Waals surface area contributed by atoms with Crippen LogP contribution in [0.2, 0.25) is 0 Å². The van der Waals surface area contributed by atoms with Crippen LogP contribution < -0.4 is 5.32 Å². The molecule has 1 aromatic heterocycles. The van der Waals surface area contributed by atoms with Gasteiger partial charge in [-0.1, -0.05) is 6.07 Å². The quantitative estimate of drug-likeness (QED) is 0.839. The summed E-state index contributed by atoms with van der Waals surface area (Å²) in [6.45, 7) is 1.13. The highest BCUT2D eigenvalue weighted by Gasteiger charge is 2.43. The Bertz CT molecular complexity index is 679. The van der Waals surface area contributed by atoms with Crippen molar-refractivity contribution in [2.75, 3.05) is 13.2 Å². The second-order valence-corrected chi connectivity index (χ2v) is 6.07. The van der Waals surface area contributed by atoms with E-state index >= 15 is 0 Å². The molecule has 2 bridgehead atoms. The first-order chi connectivity index (χ1) is 10.1. The van der Waals surface area contributed by atoms with E-state index < -0.39 is 5.60 Å². The fourth-order valence-electron chi connectivity index (χ4n) is 3.59. The van der Waals surface area contributed by atoms with E-state index in [0.29, 0.717) is 37.1 Å². The Labute approximate surface area is 121 Å². The Balaban J connectivity index is 1.79. The number of piperidine rings is 1. The van der Waals surface area contributed by atoms with Crippen LogP contribution in [0.15, 0.2) is 30.5 Å². The van der Waals surface area contributed by atoms with E-state index in [1.54, 1.807) is 12.3 Å². The molecule has 21 heavy (non-hydrogen) atoms. The Morgan fingerprint density at radius 2 is 2.05 bits per heavy atom. The van der Waals surface area contributed by atoms with Crippen LogP contribution in [-0.4, -0.2) is 35.4 Å². The zero-order chi connectivity index (χ0) is 14.4. The van der Waals surface area contributed by atoms with E-state index in [0.717, 1.165) is 5.39 Å². The van der Waals surface area contributed by atoms with Crippen LogP contribution in [-0.2, 0) is 10.3 Å². The van der Waals surface area contributed by atoms with Crippen molar-refractivity contribution in [2.45, 2.75) is 30.5 Å². The third-order valence-corrected chi connectivity index (χ3v) is 4.47. The lowest BCUT2D eigenvalue weighted by Gasteiger charge is -2.45. The van der Waals surface area contributed by atoms with Crippen molar-refractivity contribution in [2.24, 2.45) is 0 Å². The number of hydrogen-bond donors (Lipinski definition) is 2. The predicted molar refractivity (Wildman–Crippen MR) is 76.4 cm³/mol. The molecule has 2 atom stereocenters. The first-order valence-electron chi connectivity index (χ1n) is 7.25. The maximum atomic E-state index is 14.5. The standard InChI is InChI=1S/C16H17FN2O2/c17-14-5-15-10(2-1-3-18-15)4-13(14)16(20)6-11-8-21-9-12(7-16)19-11/h1-5,11-12,19-20H,6-9H2. The van der Waals surface area contributed by atoms with Gasteiger partial charge in [-0.2, -0.15) is 0 Å². The number of rotatable bonds is 1. The number of morpholine rings is 1. The van der Waals surface area contributed by atoms with E-state index in [1.165, 1.54) is 6.07 Å². The predicted octanol–water partition coefficient (Wildman–Crippen LogP) is 1.71. The van der Waals surface area contributed by atoms with E-state index in [9.17, 15) is 9.50 Å². The molecule has 0 amide bonds. The highest BCUT2D eigenvalue weighted by atomic mass is 19.1. The lowest BCUT2D eigenvalue weighted by atomic mass is 9.77. The van der Waals surface area contributed by atoms with Gasteiger partial charge in [0.1, 0.15) is 5.82 Å². The number of nitrogens with zero attached hydrogens (tertiary/aromatic N) is 1. The number of fused-ring (bicyclic) bond motifs is 3. The average Bonchev–Trinajstić information content (AvgIpc) is 2.46. The molecule has 2 N–H and O–H groups in total. The minimum Gasteiger partial charge on any atom is -0.385 e. The molecule has 2 fully saturated rings. The molecule has 1 aromatic carbocycles. The highest BCUT2D eigenvalue weighted by molar-refractivity contribution is 5.79. The summed E-state index contributed by atoms with van der Waals surface area (Å²) in [5.41, 5.74) is -0.153. The molecule has 0 radical (unpaired) electrons. The van der Waals surface area contributed by atoms with Gasteiger partial charge in [0.15, 0.2) is 0 Å². The molecule has 2 saturated heterocycles. The van der Waals surface area contributed by atoms with Gasteiger partial charge in [-0.3, -0.25) is 4.98 Å². The molecule has 2 aromatic rings. The van der Waals surface area contributed by atoms with Crippen LogP contribution in [0.4, 0.5) is 4.39 Å². The Kier molecular flexibility index (Phi) is 2.96. The number of pyridine rings is 1. The number of ether oxygens (including phenoxy) is 1. The summed E-state index contributed by atoms with van der Waals surface area (Å²) in [5.74, 6) is -0.385. The second-order valence-electron chi connectivity index (χ2n) is 6.07. The normalized spacial score (nSPS) is 32.3. The minimum absolute atomic E-state index is 0.0755. The fraction of sp³-hybridized carbons (Fsp3) is 0.438. The molecule has 2 aliphatic heterocycles. The number of nitrogens with one attached hydrogen (secondary N) is 1. The number of aliphatic hydroxyl groups is 1. The van der Waals surface area contributed by atoms with Crippen molar-refractivity contribution in [3.63, 3.8) is 0 Å². The van der Waals surface area contributed by atoms with Gasteiger partial charge in [-0.05, 0) is 25.0 Å². The summed E-state index contributed by atoms with van der Waals surface area (Å²) in [6, 6.07) is 7.01. The molecular weight excluding hydrogens is 271 g/mol. The molecule has 2 unspecified atom stereocenters. The summed E-state index contributed by atoms with van der Waals surface area (Å²) < 4.78 is 20.0. The van der Waals surface area contributed by atoms with E-state index in [2.05, 4.69) is 10.3 Å². The zero-order valence-electron chi connectivity index (χ0n) is 11.6. The molecule has 5 heteroatoms. The van der Waals surface area contributed by atoms with Gasteiger partial charge in [0.05, 0.1) is 24.3 Å². The molecule has 3 heterocycles. The molecule has 0 spiro atoms.